The smallest absolute Gasteiger partial charge is 0.306 e. The molecule has 0 aliphatic carbocycles. The van der Waals surface area contributed by atoms with Gasteiger partial charge in [0.25, 0.3) is 5.91 Å². The Morgan fingerprint density at radius 2 is 2.33 bits per heavy atom. The molecule has 6 heteroatoms. The fourth-order valence-electron chi connectivity index (χ4n) is 1.22. The van der Waals surface area contributed by atoms with Crippen molar-refractivity contribution in [3.8, 4) is 6.07 Å². The second-order valence-electron chi connectivity index (χ2n) is 3.65. The molecule has 1 aromatic heterocycles. The summed E-state index contributed by atoms with van der Waals surface area (Å²) in [6.07, 6.45) is 0.106. The summed E-state index contributed by atoms with van der Waals surface area (Å²) >= 11 is 1.25. The maximum Gasteiger partial charge on any atom is 0.306 e. The van der Waals surface area contributed by atoms with Crippen molar-refractivity contribution in [1.82, 2.24) is 0 Å². The van der Waals surface area contributed by atoms with Gasteiger partial charge in [-0.25, -0.2) is 0 Å². The third-order valence-corrected chi connectivity index (χ3v) is 2.98. The first kappa shape index (κ1) is 14.2. The summed E-state index contributed by atoms with van der Waals surface area (Å²) in [6.45, 7) is 3.36. The molecule has 0 fully saturated rings. The largest absolute Gasteiger partial charge is 0.453 e. The predicted octanol–water partition coefficient (Wildman–Crippen LogP) is 2.29. The van der Waals surface area contributed by atoms with Crippen molar-refractivity contribution in [1.29, 1.82) is 5.26 Å². The average molecular weight is 266 g/mol. The highest BCUT2D eigenvalue weighted by Gasteiger charge is 2.18. The molecule has 1 heterocycles. The normalized spacial score (nSPS) is 11.4. The lowest BCUT2D eigenvalue weighted by Crippen LogP contribution is -2.29. The highest BCUT2D eigenvalue weighted by atomic mass is 32.1. The van der Waals surface area contributed by atoms with E-state index < -0.39 is 18.0 Å². The Labute approximate surface area is 109 Å². The van der Waals surface area contributed by atoms with Gasteiger partial charge in [0.1, 0.15) is 11.1 Å². The number of ether oxygens (including phenoxy) is 1. The van der Waals surface area contributed by atoms with Crippen LogP contribution in [0.4, 0.5) is 5.00 Å². The molecule has 0 spiro atoms. The molecule has 0 saturated carbocycles. The maximum absolute atomic E-state index is 11.7. The Morgan fingerprint density at radius 1 is 1.61 bits per heavy atom. The van der Waals surface area contributed by atoms with Crippen LogP contribution in [0.15, 0.2) is 11.4 Å². The number of carbonyl (C=O) groups is 2. The van der Waals surface area contributed by atoms with Crippen LogP contribution in [-0.2, 0) is 14.3 Å². The second kappa shape index (κ2) is 6.77. The number of esters is 1. The van der Waals surface area contributed by atoms with Gasteiger partial charge in [-0.1, -0.05) is 6.92 Å². The molecule has 1 atom stereocenters. The molecular formula is C12H14N2O3S. The summed E-state index contributed by atoms with van der Waals surface area (Å²) in [4.78, 5) is 23.0. The lowest BCUT2D eigenvalue weighted by atomic mass is 10.3. The molecule has 0 aliphatic heterocycles. The maximum atomic E-state index is 11.7. The molecule has 0 aliphatic rings. The van der Waals surface area contributed by atoms with E-state index in [9.17, 15) is 9.59 Å². The van der Waals surface area contributed by atoms with E-state index in [2.05, 4.69) is 5.32 Å². The fourth-order valence-corrected chi connectivity index (χ4v) is 1.96. The topological polar surface area (TPSA) is 79.2 Å². The Bertz CT molecular complexity index is 476. The molecule has 1 rings (SSSR count). The van der Waals surface area contributed by atoms with Gasteiger partial charge in [-0.15, -0.1) is 11.3 Å². The molecular weight excluding hydrogens is 252 g/mol. The van der Waals surface area contributed by atoms with Gasteiger partial charge in [0.15, 0.2) is 6.10 Å². The van der Waals surface area contributed by atoms with E-state index in [4.69, 9.17) is 10.00 Å². The van der Waals surface area contributed by atoms with Crippen LogP contribution in [-0.4, -0.2) is 18.0 Å². The minimum atomic E-state index is -0.863. The highest BCUT2D eigenvalue weighted by molar-refractivity contribution is 7.14. The Hall–Kier alpha value is -1.87. The Morgan fingerprint density at radius 3 is 2.94 bits per heavy atom. The van der Waals surface area contributed by atoms with Crippen molar-refractivity contribution in [3.63, 3.8) is 0 Å². The monoisotopic (exact) mass is 266 g/mol. The minimum absolute atomic E-state index is 0.292. The number of hydrogen-bond donors (Lipinski definition) is 1. The summed E-state index contributed by atoms with van der Waals surface area (Å²) in [5, 5.41) is 13.5. The van der Waals surface area contributed by atoms with E-state index in [0.29, 0.717) is 23.4 Å². The molecule has 1 N–H and O–H groups in total. The molecule has 18 heavy (non-hydrogen) atoms. The number of hydrogen-bond acceptors (Lipinski definition) is 5. The van der Waals surface area contributed by atoms with Crippen LogP contribution in [0, 0.1) is 11.3 Å². The van der Waals surface area contributed by atoms with Crippen molar-refractivity contribution >= 4 is 28.2 Å². The zero-order valence-corrected chi connectivity index (χ0v) is 11.0. The van der Waals surface area contributed by atoms with Gasteiger partial charge < -0.3 is 10.1 Å². The SMILES string of the molecule is CCCC(=O)O[C@H](C)C(=O)Nc1sccc1C#N. The number of rotatable bonds is 5. The molecule has 1 amide bonds. The third kappa shape index (κ3) is 3.86. The van der Waals surface area contributed by atoms with Crippen LogP contribution in [0.3, 0.4) is 0 Å². The summed E-state index contributed by atoms with van der Waals surface area (Å²) in [7, 11) is 0. The first-order chi connectivity index (χ1) is 8.58. The number of nitrogens with zero attached hydrogens (tertiary/aromatic N) is 1. The van der Waals surface area contributed by atoms with Gasteiger partial charge in [-0.05, 0) is 24.8 Å². The Balaban J connectivity index is 2.55. The summed E-state index contributed by atoms with van der Waals surface area (Å²) in [5.41, 5.74) is 0.403. The number of nitriles is 1. The van der Waals surface area contributed by atoms with E-state index in [0.717, 1.165) is 0 Å². The van der Waals surface area contributed by atoms with Gasteiger partial charge in [0.05, 0.1) is 5.56 Å². The molecule has 0 bridgehead atoms. The first-order valence-electron chi connectivity index (χ1n) is 5.56. The molecule has 1 aromatic rings. The molecule has 0 aromatic carbocycles. The van der Waals surface area contributed by atoms with E-state index in [-0.39, 0.29) is 0 Å². The van der Waals surface area contributed by atoms with Gasteiger partial charge in [0, 0.05) is 6.42 Å². The van der Waals surface area contributed by atoms with Crippen LogP contribution < -0.4 is 5.32 Å². The van der Waals surface area contributed by atoms with Crippen LogP contribution in [0.25, 0.3) is 0 Å². The fraction of sp³-hybridized carbons (Fsp3) is 0.417. The van der Waals surface area contributed by atoms with Crippen molar-refractivity contribution in [2.75, 3.05) is 5.32 Å². The lowest BCUT2D eigenvalue weighted by Gasteiger charge is -2.12. The number of amides is 1. The van der Waals surface area contributed by atoms with E-state index in [1.165, 1.54) is 18.3 Å². The van der Waals surface area contributed by atoms with E-state index in [1.807, 2.05) is 13.0 Å². The molecule has 5 nitrogen and oxygen atoms in total. The van der Waals surface area contributed by atoms with Crippen molar-refractivity contribution in [2.24, 2.45) is 0 Å². The van der Waals surface area contributed by atoms with Crippen molar-refractivity contribution in [2.45, 2.75) is 32.8 Å². The molecule has 96 valence electrons. The van der Waals surface area contributed by atoms with Crippen LogP contribution in [0.5, 0.6) is 0 Å². The van der Waals surface area contributed by atoms with E-state index >= 15 is 0 Å². The zero-order valence-electron chi connectivity index (χ0n) is 10.2. The highest BCUT2D eigenvalue weighted by Crippen LogP contribution is 2.22. The quantitative estimate of drug-likeness (QED) is 0.829. The molecule has 0 saturated heterocycles. The predicted molar refractivity (Wildman–Crippen MR) is 68.1 cm³/mol. The van der Waals surface area contributed by atoms with Gasteiger partial charge in [0.2, 0.25) is 0 Å². The van der Waals surface area contributed by atoms with Gasteiger partial charge in [-0.3, -0.25) is 9.59 Å². The molecule has 0 radical (unpaired) electrons. The Kier molecular flexibility index (Phi) is 5.33. The van der Waals surface area contributed by atoms with Gasteiger partial charge in [-0.2, -0.15) is 5.26 Å². The van der Waals surface area contributed by atoms with Crippen LogP contribution in [0.2, 0.25) is 0 Å². The minimum Gasteiger partial charge on any atom is -0.453 e. The lowest BCUT2D eigenvalue weighted by molar-refractivity contribution is -0.153. The number of carbonyl (C=O) groups excluding carboxylic acids is 2. The molecule has 0 unspecified atom stereocenters. The van der Waals surface area contributed by atoms with Crippen LogP contribution in [0.1, 0.15) is 32.3 Å². The van der Waals surface area contributed by atoms with Crippen molar-refractivity contribution in [3.05, 3.63) is 17.0 Å². The summed E-state index contributed by atoms with van der Waals surface area (Å²) in [6, 6.07) is 3.59. The number of nitrogens with one attached hydrogen (secondary N) is 1. The first-order valence-corrected chi connectivity index (χ1v) is 6.44. The second-order valence-corrected chi connectivity index (χ2v) is 4.56. The number of anilines is 1. The summed E-state index contributed by atoms with van der Waals surface area (Å²) in [5.74, 6) is -0.828. The standard InChI is InChI=1S/C12H14N2O3S/c1-3-4-10(15)17-8(2)11(16)14-12-9(7-13)5-6-18-12/h5-6,8H,3-4H2,1-2H3,(H,14,16)/t8-/m1/s1. The average Bonchev–Trinajstić information content (AvgIpc) is 2.76. The van der Waals surface area contributed by atoms with E-state index in [1.54, 1.807) is 11.4 Å². The van der Waals surface area contributed by atoms with Crippen molar-refractivity contribution < 1.29 is 14.3 Å². The third-order valence-electron chi connectivity index (χ3n) is 2.15. The summed E-state index contributed by atoms with van der Waals surface area (Å²) < 4.78 is 4.95. The zero-order chi connectivity index (χ0) is 13.5. The number of thiophene rings is 1. The van der Waals surface area contributed by atoms with Crippen LogP contribution >= 0.6 is 11.3 Å². The van der Waals surface area contributed by atoms with Gasteiger partial charge >= 0.3 is 5.97 Å².